The summed E-state index contributed by atoms with van der Waals surface area (Å²) in [5, 5.41) is 6.24. The minimum Gasteiger partial charge on any atom is -0.504 e. The molecule has 3 aliphatic rings. The molecule has 1 aromatic heterocycles. The highest BCUT2D eigenvalue weighted by Gasteiger charge is 2.44. The Balaban J connectivity index is 1.43. The van der Waals surface area contributed by atoms with Gasteiger partial charge in [0.25, 0.3) is 11.8 Å². The van der Waals surface area contributed by atoms with E-state index in [1.54, 1.807) is 11.7 Å². The van der Waals surface area contributed by atoms with Gasteiger partial charge < -0.3 is 24.8 Å². The lowest BCUT2D eigenvalue weighted by Gasteiger charge is -2.47. The van der Waals surface area contributed by atoms with Crippen molar-refractivity contribution in [3.8, 4) is 5.75 Å². The van der Waals surface area contributed by atoms with Crippen LogP contribution in [0.1, 0.15) is 37.1 Å². The van der Waals surface area contributed by atoms with Gasteiger partial charge in [0.2, 0.25) is 5.91 Å². The van der Waals surface area contributed by atoms with Crippen LogP contribution in [0.3, 0.4) is 0 Å². The second-order valence-electron chi connectivity index (χ2n) is 11.3. The number of nitrogens with one attached hydrogen (secondary N) is 2. The van der Waals surface area contributed by atoms with Crippen LogP contribution in [-0.4, -0.2) is 98.1 Å². The molecule has 0 radical (unpaired) electrons. The Morgan fingerprint density at radius 3 is 2.49 bits per heavy atom. The maximum Gasteiger partial charge on any atom is 0.337 e. The molecular formula is C32H39N5O8. The molecule has 4 heterocycles. The van der Waals surface area contributed by atoms with E-state index in [-0.39, 0.29) is 37.5 Å². The van der Waals surface area contributed by atoms with Crippen LogP contribution < -0.4 is 15.4 Å². The third-order valence-corrected chi connectivity index (χ3v) is 8.99. The first kappa shape index (κ1) is 31.8. The van der Waals surface area contributed by atoms with E-state index in [2.05, 4.69) is 22.5 Å². The van der Waals surface area contributed by atoms with Gasteiger partial charge in [-0.2, -0.15) is 0 Å². The molecule has 0 spiro atoms. The first-order valence-corrected chi connectivity index (χ1v) is 15.1. The van der Waals surface area contributed by atoms with Crippen LogP contribution in [0.15, 0.2) is 42.2 Å². The molecule has 1 saturated heterocycles. The Bertz CT molecular complexity index is 1560. The molecule has 3 atom stereocenters. The second-order valence-corrected chi connectivity index (χ2v) is 11.3. The van der Waals surface area contributed by atoms with E-state index in [4.69, 9.17) is 14.2 Å². The first-order valence-electron chi connectivity index (χ1n) is 15.1. The number of fused-ring (bicyclic) bond motifs is 5. The topological polar surface area (TPSA) is 149 Å². The monoisotopic (exact) mass is 621 g/mol. The zero-order valence-electron chi connectivity index (χ0n) is 26.0. The molecule has 45 heavy (non-hydrogen) atoms. The van der Waals surface area contributed by atoms with E-state index in [0.29, 0.717) is 29.7 Å². The second kappa shape index (κ2) is 13.6. The molecule has 0 saturated carbocycles. The van der Waals surface area contributed by atoms with Gasteiger partial charge in [-0.15, -0.1) is 0 Å². The fourth-order valence-corrected chi connectivity index (χ4v) is 6.90. The number of methoxy groups -OCH3 is 3. The number of carbonyl (C=O) groups is 5. The number of piperidine rings is 1. The molecule has 0 aliphatic carbocycles. The average Bonchev–Trinajstić information content (AvgIpc) is 3.57. The third kappa shape index (κ3) is 6.04. The summed E-state index contributed by atoms with van der Waals surface area (Å²) in [4.78, 5) is 66.3. The number of nitrogens with zero attached hydrogens (tertiary/aromatic N) is 3. The SMILES string of the molecule is CCC1CN2CCc3c(n(C(=O)NCC(=O)NCCN4C(=O)C=CC4=O)c4cccc(OC)c34)C2CC1/C(=C\OC)C(=O)OC. The van der Waals surface area contributed by atoms with Crippen molar-refractivity contribution in [1.29, 1.82) is 0 Å². The highest BCUT2D eigenvalue weighted by molar-refractivity contribution is 6.12. The number of hydrogen-bond acceptors (Lipinski definition) is 9. The Labute approximate surface area is 261 Å². The van der Waals surface area contributed by atoms with E-state index in [1.165, 1.54) is 32.6 Å². The lowest BCUT2D eigenvalue weighted by molar-refractivity contribution is -0.138. The van der Waals surface area contributed by atoms with E-state index in [0.717, 1.165) is 41.1 Å². The van der Waals surface area contributed by atoms with Gasteiger partial charge in [0.15, 0.2) is 0 Å². The van der Waals surface area contributed by atoms with Gasteiger partial charge in [-0.3, -0.25) is 28.8 Å². The molecule has 1 aromatic carbocycles. The maximum atomic E-state index is 13.9. The maximum absolute atomic E-state index is 13.9. The van der Waals surface area contributed by atoms with E-state index in [9.17, 15) is 24.0 Å². The largest absolute Gasteiger partial charge is 0.504 e. The zero-order valence-corrected chi connectivity index (χ0v) is 26.0. The zero-order chi connectivity index (χ0) is 32.2. The van der Waals surface area contributed by atoms with Crippen LogP contribution in [0.2, 0.25) is 0 Å². The van der Waals surface area contributed by atoms with Crippen LogP contribution in [-0.2, 0) is 35.1 Å². The van der Waals surface area contributed by atoms with Crippen molar-refractivity contribution in [2.24, 2.45) is 11.8 Å². The van der Waals surface area contributed by atoms with Gasteiger partial charge in [0.05, 0.1) is 51.3 Å². The predicted octanol–water partition coefficient (Wildman–Crippen LogP) is 1.90. The number of benzene rings is 1. The van der Waals surface area contributed by atoms with Crippen molar-refractivity contribution >= 4 is 40.6 Å². The first-order chi connectivity index (χ1) is 21.7. The molecule has 3 aliphatic heterocycles. The average molecular weight is 622 g/mol. The lowest BCUT2D eigenvalue weighted by Crippen LogP contribution is -2.48. The number of carbonyl (C=O) groups excluding carboxylic acids is 5. The molecule has 2 N–H and O–H groups in total. The van der Waals surface area contributed by atoms with Gasteiger partial charge in [0.1, 0.15) is 5.75 Å². The molecular weight excluding hydrogens is 582 g/mol. The number of imide groups is 1. The molecule has 13 heteroatoms. The number of amides is 4. The summed E-state index contributed by atoms with van der Waals surface area (Å²) >= 11 is 0. The van der Waals surface area contributed by atoms with Crippen molar-refractivity contribution in [2.45, 2.75) is 32.2 Å². The normalized spacial score (nSPS) is 21.4. The smallest absolute Gasteiger partial charge is 0.337 e. The Kier molecular flexibility index (Phi) is 9.57. The quantitative estimate of drug-likeness (QED) is 0.176. The molecule has 1 fully saturated rings. The van der Waals surface area contributed by atoms with E-state index < -0.39 is 29.7 Å². The molecule has 5 rings (SSSR count). The highest BCUT2D eigenvalue weighted by Crippen LogP contribution is 2.48. The highest BCUT2D eigenvalue weighted by atomic mass is 16.5. The summed E-state index contributed by atoms with van der Waals surface area (Å²) in [6.45, 7) is 3.39. The van der Waals surface area contributed by atoms with Crippen LogP contribution in [0, 0.1) is 11.8 Å². The van der Waals surface area contributed by atoms with E-state index >= 15 is 0 Å². The minimum absolute atomic E-state index is 0.0302. The molecule has 2 aromatic rings. The molecule has 3 unspecified atom stereocenters. The van der Waals surface area contributed by atoms with E-state index in [1.807, 2.05) is 18.2 Å². The Morgan fingerprint density at radius 2 is 1.82 bits per heavy atom. The predicted molar refractivity (Wildman–Crippen MR) is 163 cm³/mol. The number of aromatic nitrogens is 1. The minimum atomic E-state index is -0.476. The van der Waals surface area contributed by atoms with Gasteiger partial charge in [0, 0.05) is 49.4 Å². The van der Waals surface area contributed by atoms with Crippen molar-refractivity contribution < 1.29 is 38.2 Å². The van der Waals surface area contributed by atoms with Crippen LogP contribution in [0.25, 0.3) is 10.9 Å². The Hall–Kier alpha value is -4.65. The fraction of sp³-hybridized carbons (Fsp3) is 0.469. The summed E-state index contributed by atoms with van der Waals surface area (Å²) in [5.41, 5.74) is 2.93. The summed E-state index contributed by atoms with van der Waals surface area (Å²) in [6.07, 6.45) is 5.94. The van der Waals surface area contributed by atoms with Crippen molar-refractivity contribution in [3.05, 3.63) is 53.4 Å². The number of esters is 1. The van der Waals surface area contributed by atoms with Gasteiger partial charge in [-0.05, 0) is 42.4 Å². The third-order valence-electron chi connectivity index (χ3n) is 8.99. The lowest BCUT2D eigenvalue weighted by atomic mass is 9.74. The number of rotatable bonds is 10. The Morgan fingerprint density at radius 1 is 1.07 bits per heavy atom. The van der Waals surface area contributed by atoms with Crippen molar-refractivity contribution in [3.63, 3.8) is 0 Å². The van der Waals surface area contributed by atoms with Crippen LogP contribution in [0.5, 0.6) is 5.75 Å². The molecule has 240 valence electrons. The van der Waals surface area contributed by atoms with Gasteiger partial charge in [-0.25, -0.2) is 9.59 Å². The molecule has 13 nitrogen and oxygen atoms in total. The summed E-state index contributed by atoms with van der Waals surface area (Å²) in [7, 11) is 4.46. The van der Waals surface area contributed by atoms with Crippen LogP contribution >= 0.6 is 0 Å². The number of ether oxygens (including phenoxy) is 3. The van der Waals surface area contributed by atoms with Gasteiger partial charge >= 0.3 is 12.0 Å². The van der Waals surface area contributed by atoms with Crippen LogP contribution in [0.4, 0.5) is 4.79 Å². The van der Waals surface area contributed by atoms with Crippen molar-refractivity contribution in [2.75, 3.05) is 54.1 Å². The standard InChI is InChI=1S/C32H39N5O8/c1-5-19-17-35-13-11-20-29-23(7-6-8-25(29)44-3)37(30(20)24(35)15-21(19)22(18-43-2)31(41)45-4)32(42)34-16-26(38)33-12-14-36-27(39)9-10-28(36)40/h6-10,18-19,21,24H,5,11-17H2,1-4H3,(H,33,38)(H,34,42)/b22-18+. The summed E-state index contributed by atoms with van der Waals surface area (Å²) < 4.78 is 17.8. The molecule has 0 bridgehead atoms. The summed E-state index contributed by atoms with van der Waals surface area (Å²) in [5.74, 6) is -1.10. The van der Waals surface area contributed by atoms with Crippen molar-refractivity contribution in [1.82, 2.24) is 25.0 Å². The van der Waals surface area contributed by atoms with Gasteiger partial charge in [-0.1, -0.05) is 19.4 Å². The summed E-state index contributed by atoms with van der Waals surface area (Å²) in [6, 6.07) is 4.87. The number of hydrogen-bond donors (Lipinski definition) is 2. The molecule has 4 amide bonds. The fourth-order valence-electron chi connectivity index (χ4n) is 6.90.